The summed E-state index contributed by atoms with van der Waals surface area (Å²) in [5.74, 6) is 0. The highest BCUT2D eigenvalue weighted by atomic mass is 14.7. The highest BCUT2D eigenvalue weighted by Crippen LogP contribution is 2.25. The topological polar surface area (TPSA) is 12.9 Å². The molecule has 0 bridgehead atoms. The van der Waals surface area contributed by atoms with Crippen LogP contribution >= 0.6 is 0 Å². The summed E-state index contributed by atoms with van der Waals surface area (Å²) < 4.78 is 0. The Morgan fingerprint density at radius 1 is 1.12 bits per heavy atom. The van der Waals surface area contributed by atoms with E-state index in [0.717, 1.165) is 12.1 Å². The lowest BCUT2D eigenvalue weighted by atomic mass is 9.98. The van der Waals surface area contributed by atoms with Crippen molar-refractivity contribution in [2.75, 3.05) is 0 Å². The molecule has 0 aliphatic heterocycles. The van der Waals surface area contributed by atoms with E-state index in [-0.39, 0.29) is 0 Å². The third-order valence-electron chi connectivity index (χ3n) is 2.91. The molecule has 16 heavy (non-hydrogen) atoms. The SMILES string of the molecule is CCc1cccnc1-c1ccc(C)cc1C. The lowest BCUT2D eigenvalue weighted by Gasteiger charge is -2.10. The average molecular weight is 211 g/mol. The number of pyridine rings is 1. The fourth-order valence-electron chi connectivity index (χ4n) is 2.05. The Bertz CT molecular complexity index is 501. The van der Waals surface area contributed by atoms with Crippen LogP contribution in [0.5, 0.6) is 0 Å². The first-order valence-electron chi connectivity index (χ1n) is 5.74. The van der Waals surface area contributed by atoms with Gasteiger partial charge in [0, 0.05) is 11.8 Å². The van der Waals surface area contributed by atoms with Gasteiger partial charge in [-0.05, 0) is 37.5 Å². The Labute approximate surface area is 97.2 Å². The van der Waals surface area contributed by atoms with Crippen LogP contribution in [-0.4, -0.2) is 4.98 Å². The first-order chi connectivity index (χ1) is 7.72. The monoisotopic (exact) mass is 211 g/mol. The van der Waals surface area contributed by atoms with E-state index < -0.39 is 0 Å². The molecule has 1 heteroatoms. The molecule has 82 valence electrons. The minimum atomic E-state index is 1.02. The third-order valence-corrected chi connectivity index (χ3v) is 2.91. The second-order valence-corrected chi connectivity index (χ2v) is 4.18. The molecule has 0 saturated carbocycles. The van der Waals surface area contributed by atoms with Gasteiger partial charge >= 0.3 is 0 Å². The van der Waals surface area contributed by atoms with Gasteiger partial charge in [0.25, 0.3) is 0 Å². The van der Waals surface area contributed by atoms with E-state index in [9.17, 15) is 0 Å². The van der Waals surface area contributed by atoms with Crippen LogP contribution in [-0.2, 0) is 6.42 Å². The van der Waals surface area contributed by atoms with Gasteiger partial charge in [0.2, 0.25) is 0 Å². The van der Waals surface area contributed by atoms with Crippen molar-refractivity contribution < 1.29 is 0 Å². The van der Waals surface area contributed by atoms with Gasteiger partial charge in [0.05, 0.1) is 5.69 Å². The van der Waals surface area contributed by atoms with Crippen LogP contribution in [0.4, 0.5) is 0 Å². The van der Waals surface area contributed by atoms with Crippen LogP contribution in [0.1, 0.15) is 23.6 Å². The van der Waals surface area contributed by atoms with Crippen LogP contribution in [0.15, 0.2) is 36.5 Å². The van der Waals surface area contributed by atoms with Gasteiger partial charge in [0.1, 0.15) is 0 Å². The fourth-order valence-corrected chi connectivity index (χ4v) is 2.05. The summed E-state index contributed by atoms with van der Waals surface area (Å²) in [5.41, 5.74) is 6.30. The van der Waals surface area contributed by atoms with Crippen molar-refractivity contribution in [3.8, 4) is 11.3 Å². The Morgan fingerprint density at radius 2 is 1.94 bits per heavy atom. The van der Waals surface area contributed by atoms with Crippen molar-refractivity contribution in [3.63, 3.8) is 0 Å². The van der Waals surface area contributed by atoms with E-state index in [2.05, 4.69) is 50.0 Å². The smallest absolute Gasteiger partial charge is 0.0736 e. The molecule has 0 aliphatic carbocycles. The lowest BCUT2D eigenvalue weighted by molar-refractivity contribution is 1.11. The van der Waals surface area contributed by atoms with Crippen molar-refractivity contribution in [2.24, 2.45) is 0 Å². The molecule has 1 nitrogen and oxygen atoms in total. The zero-order valence-corrected chi connectivity index (χ0v) is 10.1. The summed E-state index contributed by atoms with van der Waals surface area (Å²) in [6.45, 7) is 6.44. The number of rotatable bonds is 2. The standard InChI is InChI=1S/C15H17N/c1-4-13-6-5-9-16-15(13)14-8-7-11(2)10-12(14)3/h5-10H,4H2,1-3H3. The molecular formula is C15H17N. The number of aryl methyl sites for hydroxylation is 3. The molecule has 0 atom stereocenters. The first-order valence-corrected chi connectivity index (χ1v) is 5.74. The molecular weight excluding hydrogens is 194 g/mol. The molecule has 2 aromatic rings. The minimum absolute atomic E-state index is 1.02. The summed E-state index contributed by atoms with van der Waals surface area (Å²) in [6.07, 6.45) is 2.89. The molecule has 1 aromatic heterocycles. The van der Waals surface area contributed by atoms with E-state index in [1.807, 2.05) is 12.3 Å². The predicted octanol–water partition coefficient (Wildman–Crippen LogP) is 3.93. The molecule has 0 spiro atoms. The van der Waals surface area contributed by atoms with Gasteiger partial charge in [-0.15, -0.1) is 0 Å². The number of nitrogens with zero attached hydrogens (tertiary/aromatic N) is 1. The molecule has 0 radical (unpaired) electrons. The van der Waals surface area contributed by atoms with E-state index in [4.69, 9.17) is 0 Å². The van der Waals surface area contributed by atoms with Gasteiger partial charge in [-0.25, -0.2) is 0 Å². The van der Waals surface area contributed by atoms with Gasteiger partial charge in [0.15, 0.2) is 0 Å². The summed E-state index contributed by atoms with van der Waals surface area (Å²) in [4.78, 5) is 4.51. The molecule has 1 heterocycles. The molecule has 0 saturated heterocycles. The largest absolute Gasteiger partial charge is 0.256 e. The number of aromatic nitrogens is 1. The Balaban J connectivity index is 2.58. The molecule has 0 aliphatic rings. The lowest BCUT2D eigenvalue weighted by Crippen LogP contribution is -1.93. The van der Waals surface area contributed by atoms with Gasteiger partial charge < -0.3 is 0 Å². The summed E-state index contributed by atoms with van der Waals surface area (Å²) in [7, 11) is 0. The van der Waals surface area contributed by atoms with Crippen LogP contribution in [0.25, 0.3) is 11.3 Å². The van der Waals surface area contributed by atoms with Gasteiger partial charge in [-0.3, -0.25) is 4.98 Å². The fraction of sp³-hybridized carbons (Fsp3) is 0.267. The summed E-state index contributed by atoms with van der Waals surface area (Å²) >= 11 is 0. The number of benzene rings is 1. The number of hydrogen-bond donors (Lipinski definition) is 0. The van der Waals surface area contributed by atoms with Crippen LogP contribution in [0.2, 0.25) is 0 Å². The van der Waals surface area contributed by atoms with E-state index >= 15 is 0 Å². The summed E-state index contributed by atoms with van der Waals surface area (Å²) in [6, 6.07) is 10.7. The highest BCUT2D eigenvalue weighted by molar-refractivity contribution is 5.67. The maximum atomic E-state index is 4.51. The molecule has 1 aromatic carbocycles. The number of hydrogen-bond acceptors (Lipinski definition) is 1. The zero-order chi connectivity index (χ0) is 11.5. The zero-order valence-electron chi connectivity index (χ0n) is 10.1. The Kier molecular flexibility index (Phi) is 3.04. The Hall–Kier alpha value is -1.63. The predicted molar refractivity (Wildman–Crippen MR) is 68.5 cm³/mol. The Morgan fingerprint density at radius 3 is 2.62 bits per heavy atom. The van der Waals surface area contributed by atoms with Crippen LogP contribution in [0, 0.1) is 13.8 Å². The van der Waals surface area contributed by atoms with Crippen molar-refractivity contribution in [1.82, 2.24) is 4.98 Å². The van der Waals surface area contributed by atoms with Crippen molar-refractivity contribution in [2.45, 2.75) is 27.2 Å². The minimum Gasteiger partial charge on any atom is -0.256 e. The van der Waals surface area contributed by atoms with Crippen LogP contribution < -0.4 is 0 Å². The maximum Gasteiger partial charge on any atom is 0.0736 e. The quantitative estimate of drug-likeness (QED) is 0.733. The molecule has 0 fully saturated rings. The van der Waals surface area contributed by atoms with Crippen LogP contribution in [0.3, 0.4) is 0 Å². The highest BCUT2D eigenvalue weighted by Gasteiger charge is 2.07. The second kappa shape index (κ2) is 4.48. The van der Waals surface area contributed by atoms with E-state index in [0.29, 0.717) is 0 Å². The molecule has 0 N–H and O–H groups in total. The normalized spacial score (nSPS) is 10.4. The summed E-state index contributed by atoms with van der Waals surface area (Å²) in [5, 5.41) is 0. The van der Waals surface area contributed by atoms with Crippen molar-refractivity contribution >= 4 is 0 Å². The third kappa shape index (κ3) is 1.99. The average Bonchev–Trinajstić information content (AvgIpc) is 2.29. The van der Waals surface area contributed by atoms with Gasteiger partial charge in [-0.2, -0.15) is 0 Å². The van der Waals surface area contributed by atoms with Crippen molar-refractivity contribution in [1.29, 1.82) is 0 Å². The molecule has 0 unspecified atom stereocenters. The van der Waals surface area contributed by atoms with E-state index in [1.165, 1.54) is 22.3 Å². The molecule has 0 amide bonds. The van der Waals surface area contributed by atoms with Crippen molar-refractivity contribution in [3.05, 3.63) is 53.2 Å². The maximum absolute atomic E-state index is 4.51. The first kappa shape index (κ1) is 10.9. The van der Waals surface area contributed by atoms with E-state index in [1.54, 1.807) is 0 Å². The second-order valence-electron chi connectivity index (χ2n) is 4.18. The molecule has 2 rings (SSSR count). The van der Waals surface area contributed by atoms with Gasteiger partial charge in [-0.1, -0.05) is 36.8 Å².